The highest BCUT2D eigenvalue weighted by atomic mass is 32.2. The van der Waals surface area contributed by atoms with Gasteiger partial charge in [-0.05, 0) is 37.1 Å². The minimum atomic E-state index is -0.640. The zero-order valence-corrected chi connectivity index (χ0v) is 15.6. The number of methoxy groups -OCH3 is 1. The summed E-state index contributed by atoms with van der Waals surface area (Å²) >= 11 is 1.52. The number of rotatable bonds is 7. The first-order valence-corrected chi connectivity index (χ1v) is 9.45. The van der Waals surface area contributed by atoms with Crippen LogP contribution in [0.2, 0.25) is 0 Å². The van der Waals surface area contributed by atoms with E-state index in [2.05, 4.69) is 0 Å². The van der Waals surface area contributed by atoms with Crippen molar-refractivity contribution in [2.24, 2.45) is 0 Å². The van der Waals surface area contributed by atoms with E-state index in [1.165, 1.54) is 37.1 Å². The van der Waals surface area contributed by atoms with E-state index in [1.807, 2.05) is 12.1 Å². The van der Waals surface area contributed by atoms with Gasteiger partial charge >= 0.3 is 11.7 Å². The molecular formula is C19H19NO6S. The quantitative estimate of drug-likeness (QED) is 0.232. The molecule has 0 radical (unpaired) electrons. The fourth-order valence-electron chi connectivity index (χ4n) is 2.73. The number of nitro benzene ring substituents is 1. The second-order valence-corrected chi connectivity index (χ2v) is 6.98. The van der Waals surface area contributed by atoms with Crippen LogP contribution in [0.5, 0.6) is 11.5 Å². The zero-order valence-electron chi connectivity index (χ0n) is 14.8. The van der Waals surface area contributed by atoms with Gasteiger partial charge in [0.05, 0.1) is 29.8 Å². The van der Waals surface area contributed by atoms with E-state index < -0.39 is 10.9 Å². The summed E-state index contributed by atoms with van der Waals surface area (Å²) in [4.78, 5) is 24.1. The predicted octanol–water partition coefficient (Wildman–Crippen LogP) is 4.09. The number of nitro groups is 1. The third kappa shape index (κ3) is 4.78. The van der Waals surface area contributed by atoms with Crippen molar-refractivity contribution in [3.63, 3.8) is 0 Å². The Labute approximate surface area is 160 Å². The molecule has 0 N–H and O–H groups in total. The molecule has 0 amide bonds. The van der Waals surface area contributed by atoms with Crippen LogP contribution in [0.4, 0.5) is 5.69 Å². The number of benzene rings is 2. The Morgan fingerprint density at radius 2 is 2.15 bits per heavy atom. The number of ether oxygens (including phenoxy) is 3. The van der Waals surface area contributed by atoms with E-state index in [9.17, 15) is 14.9 Å². The Morgan fingerprint density at radius 1 is 1.33 bits per heavy atom. The van der Waals surface area contributed by atoms with Crippen molar-refractivity contribution < 1.29 is 23.9 Å². The van der Waals surface area contributed by atoms with Gasteiger partial charge in [-0.3, -0.25) is 10.1 Å². The highest BCUT2D eigenvalue weighted by Crippen LogP contribution is 2.33. The molecule has 1 saturated heterocycles. The first-order valence-electron chi connectivity index (χ1n) is 8.46. The van der Waals surface area contributed by atoms with Crippen molar-refractivity contribution >= 4 is 23.4 Å². The summed E-state index contributed by atoms with van der Waals surface area (Å²) in [6, 6.07) is 11.1. The maximum atomic E-state index is 12.6. The number of carbonyl (C=O) groups excluding carboxylic acids is 1. The Bertz CT molecular complexity index is 835. The largest absolute Gasteiger partial charge is 0.496 e. The molecule has 2 aromatic carbocycles. The molecule has 0 aliphatic carbocycles. The number of esters is 1. The van der Waals surface area contributed by atoms with Crippen molar-refractivity contribution in [3.05, 3.63) is 58.1 Å². The Hall–Kier alpha value is -2.58. The van der Waals surface area contributed by atoms with Crippen molar-refractivity contribution in [2.45, 2.75) is 23.8 Å². The van der Waals surface area contributed by atoms with Crippen LogP contribution in [0.25, 0.3) is 0 Å². The third-order valence-corrected chi connectivity index (χ3v) is 5.33. The van der Waals surface area contributed by atoms with Gasteiger partial charge < -0.3 is 14.2 Å². The second-order valence-electron chi connectivity index (χ2n) is 5.92. The SMILES string of the molecule is COc1ccc(OC(=O)c2ccccc2SCC2CCCO2)c([N+](=O)[O-])c1. The Kier molecular flexibility index (Phi) is 6.31. The molecule has 142 valence electrons. The molecule has 1 fully saturated rings. The Balaban J connectivity index is 1.77. The van der Waals surface area contributed by atoms with Crippen molar-refractivity contribution in [2.75, 3.05) is 19.5 Å². The number of hydrogen-bond acceptors (Lipinski definition) is 7. The molecule has 0 bridgehead atoms. The maximum absolute atomic E-state index is 12.6. The first kappa shape index (κ1) is 19.2. The average molecular weight is 389 g/mol. The number of thioether (sulfide) groups is 1. The van der Waals surface area contributed by atoms with E-state index in [4.69, 9.17) is 14.2 Å². The van der Waals surface area contributed by atoms with Crippen LogP contribution in [0.3, 0.4) is 0 Å². The molecule has 2 aromatic rings. The highest BCUT2D eigenvalue weighted by molar-refractivity contribution is 7.99. The van der Waals surface area contributed by atoms with Gasteiger partial charge in [0.25, 0.3) is 0 Å². The van der Waals surface area contributed by atoms with Gasteiger partial charge in [-0.2, -0.15) is 0 Å². The standard InChI is InChI=1S/C19H19NO6S/c1-24-13-8-9-17(16(11-13)20(22)23)26-19(21)15-6-2-3-7-18(15)27-12-14-5-4-10-25-14/h2-3,6-9,11,14H,4-5,10,12H2,1H3. The molecule has 1 heterocycles. The minimum absolute atomic E-state index is 0.121. The van der Waals surface area contributed by atoms with Gasteiger partial charge in [0.15, 0.2) is 0 Å². The van der Waals surface area contributed by atoms with Crippen molar-refractivity contribution in [1.82, 2.24) is 0 Å². The predicted molar refractivity (Wildman–Crippen MR) is 101 cm³/mol. The van der Waals surface area contributed by atoms with Gasteiger partial charge in [-0.1, -0.05) is 12.1 Å². The first-order chi connectivity index (χ1) is 13.1. The molecule has 0 aromatic heterocycles. The van der Waals surface area contributed by atoms with Gasteiger partial charge in [-0.15, -0.1) is 11.8 Å². The zero-order chi connectivity index (χ0) is 19.2. The molecule has 27 heavy (non-hydrogen) atoms. The lowest BCUT2D eigenvalue weighted by Gasteiger charge is -2.12. The van der Waals surface area contributed by atoms with Crippen LogP contribution in [0.1, 0.15) is 23.2 Å². The van der Waals surface area contributed by atoms with Crippen LogP contribution in [0, 0.1) is 10.1 Å². The summed E-state index contributed by atoms with van der Waals surface area (Å²) in [7, 11) is 1.41. The summed E-state index contributed by atoms with van der Waals surface area (Å²) in [6.45, 7) is 0.774. The van der Waals surface area contributed by atoms with Gasteiger partial charge in [0, 0.05) is 17.3 Å². The molecule has 1 atom stereocenters. The molecule has 0 saturated carbocycles. The van der Waals surface area contributed by atoms with E-state index in [-0.39, 0.29) is 17.5 Å². The smallest absolute Gasteiger partial charge is 0.344 e. The van der Waals surface area contributed by atoms with Crippen LogP contribution in [-0.2, 0) is 4.74 Å². The minimum Gasteiger partial charge on any atom is -0.496 e. The summed E-state index contributed by atoms with van der Waals surface area (Å²) in [5, 5.41) is 11.3. The molecule has 7 nitrogen and oxygen atoms in total. The van der Waals surface area contributed by atoms with E-state index in [1.54, 1.807) is 12.1 Å². The summed E-state index contributed by atoms with van der Waals surface area (Å²) in [5.74, 6) is 0.296. The number of hydrogen-bond donors (Lipinski definition) is 0. The van der Waals surface area contributed by atoms with E-state index >= 15 is 0 Å². The van der Waals surface area contributed by atoms with Crippen molar-refractivity contribution in [3.8, 4) is 11.5 Å². The molecule has 8 heteroatoms. The molecular weight excluding hydrogens is 370 g/mol. The fraction of sp³-hybridized carbons (Fsp3) is 0.316. The topological polar surface area (TPSA) is 87.9 Å². The maximum Gasteiger partial charge on any atom is 0.344 e. The number of nitrogens with zero attached hydrogens (tertiary/aromatic N) is 1. The highest BCUT2D eigenvalue weighted by Gasteiger charge is 2.22. The van der Waals surface area contributed by atoms with E-state index in [0.29, 0.717) is 11.3 Å². The molecule has 1 unspecified atom stereocenters. The normalized spacial score (nSPS) is 16.1. The molecule has 1 aliphatic heterocycles. The Morgan fingerprint density at radius 3 is 2.85 bits per heavy atom. The summed E-state index contributed by atoms with van der Waals surface area (Å²) < 4.78 is 15.9. The lowest BCUT2D eigenvalue weighted by Crippen LogP contribution is -2.12. The van der Waals surface area contributed by atoms with Crippen LogP contribution >= 0.6 is 11.8 Å². The van der Waals surface area contributed by atoms with Crippen LogP contribution in [0.15, 0.2) is 47.4 Å². The van der Waals surface area contributed by atoms with E-state index in [0.717, 1.165) is 30.1 Å². The lowest BCUT2D eigenvalue weighted by molar-refractivity contribution is -0.385. The van der Waals surface area contributed by atoms with Gasteiger partial charge in [-0.25, -0.2) is 4.79 Å². The lowest BCUT2D eigenvalue weighted by atomic mass is 10.2. The third-order valence-electron chi connectivity index (χ3n) is 4.12. The number of carbonyl (C=O) groups is 1. The summed E-state index contributed by atoms with van der Waals surface area (Å²) in [6.07, 6.45) is 2.25. The molecule has 3 rings (SSSR count). The van der Waals surface area contributed by atoms with Crippen LogP contribution in [-0.4, -0.2) is 36.5 Å². The molecule has 0 spiro atoms. The van der Waals surface area contributed by atoms with Gasteiger partial charge in [0.2, 0.25) is 5.75 Å². The van der Waals surface area contributed by atoms with Gasteiger partial charge in [0.1, 0.15) is 5.75 Å². The molecule has 1 aliphatic rings. The summed E-state index contributed by atoms with van der Waals surface area (Å²) in [5.41, 5.74) is 0.0396. The van der Waals surface area contributed by atoms with Crippen molar-refractivity contribution in [1.29, 1.82) is 0 Å². The van der Waals surface area contributed by atoms with Crippen LogP contribution < -0.4 is 9.47 Å². The average Bonchev–Trinajstić information content (AvgIpc) is 3.20. The monoisotopic (exact) mass is 389 g/mol. The second kappa shape index (κ2) is 8.88. The fourth-order valence-corrected chi connectivity index (χ4v) is 3.84.